The molecule has 6 nitrogen and oxygen atoms in total. The average molecular weight is 396 g/mol. The summed E-state index contributed by atoms with van der Waals surface area (Å²) in [5.41, 5.74) is 3.58. The summed E-state index contributed by atoms with van der Waals surface area (Å²) in [5.74, 6) is 0.970. The van der Waals surface area contributed by atoms with Gasteiger partial charge in [0, 0.05) is 25.4 Å². The summed E-state index contributed by atoms with van der Waals surface area (Å²) >= 11 is 0. The maximum Gasteiger partial charge on any atom is 0.229 e. The van der Waals surface area contributed by atoms with Crippen molar-refractivity contribution >= 4 is 11.8 Å². The minimum Gasteiger partial charge on any atom is -0.493 e. The maximum absolute atomic E-state index is 11.7. The number of carbonyl (C=O) groups is 2. The first-order valence-corrected chi connectivity index (χ1v) is 9.91. The topological polar surface area (TPSA) is 67.9 Å². The van der Waals surface area contributed by atoms with E-state index in [1.165, 1.54) is 16.0 Å². The van der Waals surface area contributed by atoms with E-state index < -0.39 is 0 Å². The summed E-state index contributed by atoms with van der Waals surface area (Å²) in [6, 6.07) is 14.5. The predicted octanol–water partition coefficient (Wildman–Crippen LogP) is 3.38. The van der Waals surface area contributed by atoms with Gasteiger partial charge in [-0.2, -0.15) is 0 Å². The summed E-state index contributed by atoms with van der Waals surface area (Å²) in [7, 11) is 1.60. The normalized spacial score (nSPS) is 14.9. The highest BCUT2D eigenvalue weighted by atomic mass is 16.5. The molecule has 2 amide bonds. The van der Waals surface area contributed by atoms with Gasteiger partial charge in [-0.25, -0.2) is 0 Å². The Morgan fingerprint density at radius 3 is 2.38 bits per heavy atom. The van der Waals surface area contributed by atoms with Crippen LogP contribution in [0, 0.1) is 6.92 Å². The molecule has 1 N–H and O–H groups in total. The molecular formula is C23H28N2O4. The Labute approximate surface area is 171 Å². The molecule has 6 heteroatoms. The molecule has 0 spiro atoms. The van der Waals surface area contributed by atoms with Crippen LogP contribution in [0.1, 0.15) is 42.5 Å². The number of hydrogen-bond acceptors (Lipinski definition) is 5. The van der Waals surface area contributed by atoms with Crippen LogP contribution in [0.2, 0.25) is 0 Å². The monoisotopic (exact) mass is 396 g/mol. The van der Waals surface area contributed by atoms with Gasteiger partial charge in [0.25, 0.3) is 0 Å². The van der Waals surface area contributed by atoms with Crippen molar-refractivity contribution in [3.8, 4) is 11.5 Å². The molecule has 0 aromatic heterocycles. The number of imide groups is 1. The van der Waals surface area contributed by atoms with Crippen LogP contribution >= 0.6 is 0 Å². The van der Waals surface area contributed by atoms with Gasteiger partial charge < -0.3 is 14.8 Å². The molecule has 1 unspecified atom stereocenters. The summed E-state index contributed by atoms with van der Waals surface area (Å²) in [6.45, 7) is 5.43. The average Bonchev–Trinajstić information content (AvgIpc) is 3.05. The predicted molar refractivity (Wildman–Crippen MR) is 111 cm³/mol. The highest BCUT2D eigenvalue weighted by Crippen LogP contribution is 2.28. The number of ether oxygens (including phenoxy) is 2. The molecule has 1 heterocycles. The smallest absolute Gasteiger partial charge is 0.229 e. The SMILES string of the molecule is COc1cc(CNC(C)c2ccc(C)cc2)ccc1OCCN1C(=O)CCC1=O. The summed E-state index contributed by atoms with van der Waals surface area (Å²) in [5, 5.41) is 3.52. The van der Waals surface area contributed by atoms with E-state index >= 15 is 0 Å². The van der Waals surface area contributed by atoms with Crippen LogP contribution < -0.4 is 14.8 Å². The third-order valence-corrected chi connectivity index (χ3v) is 5.15. The van der Waals surface area contributed by atoms with E-state index in [2.05, 4.69) is 43.4 Å². The molecule has 3 rings (SSSR count). The lowest BCUT2D eigenvalue weighted by Crippen LogP contribution is -2.33. The second-order valence-corrected chi connectivity index (χ2v) is 7.29. The van der Waals surface area contributed by atoms with Gasteiger partial charge in [-0.05, 0) is 37.1 Å². The number of likely N-dealkylation sites (tertiary alicyclic amines) is 1. The number of methoxy groups -OCH3 is 1. The lowest BCUT2D eigenvalue weighted by molar-refractivity contribution is -0.138. The van der Waals surface area contributed by atoms with E-state index in [1.807, 2.05) is 18.2 Å². The van der Waals surface area contributed by atoms with Gasteiger partial charge in [0.2, 0.25) is 11.8 Å². The Hall–Kier alpha value is -2.86. The fourth-order valence-corrected chi connectivity index (χ4v) is 3.30. The first-order valence-electron chi connectivity index (χ1n) is 9.91. The van der Waals surface area contributed by atoms with Crippen LogP contribution in [0.3, 0.4) is 0 Å². The highest BCUT2D eigenvalue weighted by Gasteiger charge is 2.28. The van der Waals surface area contributed by atoms with Crippen LogP contribution in [0.15, 0.2) is 42.5 Å². The van der Waals surface area contributed by atoms with Crippen molar-refractivity contribution in [2.24, 2.45) is 0 Å². The molecule has 1 atom stereocenters. The number of carbonyl (C=O) groups excluding carboxylic acids is 2. The Kier molecular flexibility index (Phi) is 6.88. The van der Waals surface area contributed by atoms with Gasteiger partial charge in [0.1, 0.15) is 6.61 Å². The Balaban J connectivity index is 1.54. The molecule has 1 fully saturated rings. The van der Waals surface area contributed by atoms with E-state index in [0.29, 0.717) is 30.9 Å². The molecule has 154 valence electrons. The molecular weight excluding hydrogens is 368 g/mol. The molecule has 0 aliphatic carbocycles. The fraction of sp³-hybridized carbons (Fsp3) is 0.391. The standard InChI is InChI=1S/C23H28N2O4/c1-16-4-7-19(8-5-16)17(2)24-15-18-6-9-20(21(14-18)28-3)29-13-12-25-22(26)10-11-23(25)27/h4-9,14,17,24H,10-13,15H2,1-3H3. The Bertz CT molecular complexity index is 848. The summed E-state index contributed by atoms with van der Waals surface area (Å²) in [4.78, 5) is 24.6. The third-order valence-electron chi connectivity index (χ3n) is 5.15. The number of aryl methyl sites for hydroxylation is 1. The number of hydrogen-bond donors (Lipinski definition) is 1. The number of nitrogens with zero attached hydrogens (tertiary/aromatic N) is 1. The fourth-order valence-electron chi connectivity index (χ4n) is 3.30. The van der Waals surface area contributed by atoms with Gasteiger partial charge in [-0.1, -0.05) is 35.9 Å². The van der Waals surface area contributed by atoms with E-state index in [4.69, 9.17) is 9.47 Å². The molecule has 2 aromatic carbocycles. The Morgan fingerprint density at radius 1 is 1.03 bits per heavy atom. The largest absolute Gasteiger partial charge is 0.493 e. The lowest BCUT2D eigenvalue weighted by Gasteiger charge is -2.17. The molecule has 0 bridgehead atoms. The van der Waals surface area contributed by atoms with Crippen LogP contribution in [0.5, 0.6) is 11.5 Å². The molecule has 1 aliphatic rings. The zero-order valence-electron chi connectivity index (χ0n) is 17.2. The molecule has 2 aromatic rings. The van der Waals surface area contributed by atoms with Crippen LogP contribution in [-0.2, 0) is 16.1 Å². The van der Waals surface area contributed by atoms with Gasteiger partial charge in [-0.15, -0.1) is 0 Å². The number of amides is 2. The highest BCUT2D eigenvalue weighted by molar-refractivity contribution is 6.01. The second-order valence-electron chi connectivity index (χ2n) is 7.29. The lowest BCUT2D eigenvalue weighted by atomic mass is 10.1. The van der Waals surface area contributed by atoms with E-state index in [-0.39, 0.29) is 31.0 Å². The molecule has 1 aliphatic heterocycles. The van der Waals surface area contributed by atoms with Crippen molar-refractivity contribution in [2.45, 2.75) is 39.3 Å². The second kappa shape index (κ2) is 9.56. The van der Waals surface area contributed by atoms with Crippen molar-refractivity contribution in [2.75, 3.05) is 20.3 Å². The Morgan fingerprint density at radius 2 is 1.72 bits per heavy atom. The van der Waals surface area contributed by atoms with Gasteiger partial charge >= 0.3 is 0 Å². The quantitative estimate of drug-likeness (QED) is 0.658. The van der Waals surface area contributed by atoms with Crippen LogP contribution in [0.25, 0.3) is 0 Å². The minimum absolute atomic E-state index is 0.130. The molecule has 29 heavy (non-hydrogen) atoms. The molecule has 0 saturated carbocycles. The van der Waals surface area contributed by atoms with Crippen molar-refractivity contribution < 1.29 is 19.1 Å². The summed E-state index contributed by atoms with van der Waals surface area (Å²) in [6.07, 6.45) is 0.593. The van der Waals surface area contributed by atoms with Gasteiger partial charge in [0.15, 0.2) is 11.5 Å². The van der Waals surface area contributed by atoms with E-state index in [1.54, 1.807) is 7.11 Å². The van der Waals surface area contributed by atoms with Crippen molar-refractivity contribution in [1.29, 1.82) is 0 Å². The molecule has 1 saturated heterocycles. The third kappa shape index (κ3) is 5.35. The zero-order valence-corrected chi connectivity index (χ0v) is 17.2. The molecule has 0 radical (unpaired) electrons. The van der Waals surface area contributed by atoms with Crippen molar-refractivity contribution in [3.63, 3.8) is 0 Å². The van der Waals surface area contributed by atoms with Crippen LogP contribution in [0.4, 0.5) is 0 Å². The van der Waals surface area contributed by atoms with E-state index in [9.17, 15) is 9.59 Å². The van der Waals surface area contributed by atoms with Crippen molar-refractivity contribution in [1.82, 2.24) is 10.2 Å². The number of rotatable bonds is 9. The first kappa shape index (κ1) is 20.9. The van der Waals surface area contributed by atoms with Crippen LogP contribution in [-0.4, -0.2) is 37.0 Å². The van der Waals surface area contributed by atoms with Crippen molar-refractivity contribution in [3.05, 3.63) is 59.2 Å². The van der Waals surface area contributed by atoms with Gasteiger partial charge in [-0.3, -0.25) is 14.5 Å². The van der Waals surface area contributed by atoms with E-state index in [0.717, 1.165) is 5.56 Å². The number of nitrogens with one attached hydrogen (secondary N) is 1. The maximum atomic E-state index is 11.7. The first-order chi connectivity index (χ1) is 14.0. The summed E-state index contributed by atoms with van der Waals surface area (Å²) < 4.78 is 11.2. The minimum atomic E-state index is -0.130. The van der Waals surface area contributed by atoms with Gasteiger partial charge in [0.05, 0.1) is 13.7 Å². The number of benzene rings is 2. The zero-order chi connectivity index (χ0) is 20.8.